The number of nitrogens with one attached hydrogen (secondary N) is 2. The highest BCUT2D eigenvalue weighted by Gasteiger charge is 2.14. The molecule has 0 spiro atoms. The van der Waals surface area contributed by atoms with Gasteiger partial charge in [0, 0.05) is 33.7 Å². The first kappa shape index (κ1) is 13.8. The zero-order valence-corrected chi connectivity index (χ0v) is 12.8. The van der Waals surface area contributed by atoms with Gasteiger partial charge in [0.15, 0.2) is 0 Å². The lowest BCUT2D eigenvalue weighted by Gasteiger charge is -2.07. The van der Waals surface area contributed by atoms with Gasteiger partial charge in [-0.2, -0.15) is 0 Å². The van der Waals surface area contributed by atoms with Crippen molar-refractivity contribution in [2.45, 2.75) is 0 Å². The van der Waals surface area contributed by atoms with Crippen molar-refractivity contribution < 1.29 is 4.79 Å². The molecule has 0 saturated carbocycles. The van der Waals surface area contributed by atoms with E-state index in [0.29, 0.717) is 16.3 Å². The summed E-state index contributed by atoms with van der Waals surface area (Å²) >= 11 is 6.03. The molecular formula is C18H12ClN3O. The normalized spacial score (nSPS) is 11.0. The first-order valence-corrected chi connectivity index (χ1v) is 7.52. The van der Waals surface area contributed by atoms with Crippen molar-refractivity contribution >= 4 is 45.0 Å². The van der Waals surface area contributed by atoms with Crippen LogP contribution in [0.4, 0.5) is 5.69 Å². The number of benzene rings is 2. The number of rotatable bonds is 2. The van der Waals surface area contributed by atoms with Crippen LogP contribution in [0.5, 0.6) is 0 Å². The molecule has 23 heavy (non-hydrogen) atoms. The summed E-state index contributed by atoms with van der Waals surface area (Å²) in [4.78, 5) is 20.1. The van der Waals surface area contributed by atoms with Gasteiger partial charge in [-0.25, -0.2) is 0 Å². The molecule has 5 heteroatoms. The molecule has 4 nitrogen and oxygen atoms in total. The molecule has 0 fully saturated rings. The van der Waals surface area contributed by atoms with Crippen LogP contribution in [0.3, 0.4) is 0 Å². The fourth-order valence-electron chi connectivity index (χ4n) is 2.68. The summed E-state index contributed by atoms with van der Waals surface area (Å²) in [5.74, 6) is -0.198. The van der Waals surface area contributed by atoms with E-state index in [0.717, 1.165) is 21.8 Å². The lowest BCUT2D eigenvalue weighted by atomic mass is 10.1. The van der Waals surface area contributed by atoms with Crippen molar-refractivity contribution in [3.8, 4) is 0 Å². The number of hydrogen-bond acceptors (Lipinski definition) is 2. The minimum absolute atomic E-state index is 0.198. The van der Waals surface area contributed by atoms with Gasteiger partial charge in [0.05, 0.1) is 16.8 Å². The third-order valence-corrected chi connectivity index (χ3v) is 4.00. The number of anilines is 1. The van der Waals surface area contributed by atoms with E-state index in [2.05, 4.69) is 15.3 Å². The van der Waals surface area contributed by atoms with E-state index >= 15 is 0 Å². The minimum Gasteiger partial charge on any atom is -0.360 e. The Balaban J connectivity index is 1.75. The second-order valence-electron chi connectivity index (χ2n) is 5.23. The Hall–Kier alpha value is -2.85. The van der Waals surface area contributed by atoms with Crippen LogP contribution in [-0.4, -0.2) is 15.9 Å². The highest BCUT2D eigenvalue weighted by Crippen LogP contribution is 2.25. The van der Waals surface area contributed by atoms with Gasteiger partial charge in [-0.3, -0.25) is 9.78 Å². The van der Waals surface area contributed by atoms with E-state index in [1.54, 1.807) is 24.5 Å². The van der Waals surface area contributed by atoms with E-state index in [1.165, 1.54) is 0 Å². The lowest BCUT2D eigenvalue weighted by Crippen LogP contribution is -2.11. The van der Waals surface area contributed by atoms with E-state index < -0.39 is 0 Å². The number of halogens is 1. The largest absolute Gasteiger partial charge is 0.360 e. The summed E-state index contributed by atoms with van der Waals surface area (Å²) in [7, 11) is 0. The maximum absolute atomic E-state index is 12.6. The SMILES string of the molecule is O=C(Nc1cccc2cccnc12)c1c[nH]c2ccc(Cl)cc12. The predicted octanol–water partition coefficient (Wildman–Crippen LogP) is 4.62. The number of fused-ring (bicyclic) bond motifs is 2. The van der Waals surface area contributed by atoms with Crippen molar-refractivity contribution in [3.63, 3.8) is 0 Å². The molecule has 0 atom stereocenters. The summed E-state index contributed by atoms with van der Waals surface area (Å²) in [5, 5.41) is 5.30. The highest BCUT2D eigenvalue weighted by molar-refractivity contribution is 6.31. The fourth-order valence-corrected chi connectivity index (χ4v) is 2.85. The molecule has 0 saturated heterocycles. The second kappa shape index (κ2) is 5.41. The molecule has 4 aromatic rings. The van der Waals surface area contributed by atoms with Crippen LogP contribution < -0.4 is 5.32 Å². The molecule has 2 N–H and O–H groups in total. The van der Waals surface area contributed by atoms with Gasteiger partial charge in [0.1, 0.15) is 0 Å². The summed E-state index contributed by atoms with van der Waals surface area (Å²) < 4.78 is 0. The van der Waals surface area contributed by atoms with E-state index in [9.17, 15) is 4.79 Å². The number of aromatic nitrogens is 2. The zero-order valence-electron chi connectivity index (χ0n) is 12.0. The number of hydrogen-bond donors (Lipinski definition) is 2. The number of aromatic amines is 1. The van der Waals surface area contributed by atoms with Crippen LogP contribution >= 0.6 is 11.6 Å². The topological polar surface area (TPSA) is 57.8 Å². The Kier molecular flexibility index (Phi) is 3.24. The van der Waals surface area contributed by atoms with Crippen LogP contribution in [0.2, 0.25) is 5.02 Å². The van der Waals surface area contributed by atoms with Gasteiger partial charge in [0.2, 0.25) is 0 Å². The Morgan fingerprint density at radius 1 is 1.13 bits per heavy atom. The van der Waals surface area contributed by atoms with Gasteiger partial charge in [-0.1, -0.05) is 29.8 Å². The molecule has 1 amide bonds. The van der Waals surface area contributed by atoms with Crippen LogP contribution in [0, 0.1) is 0 Å². The smallest absolute Gasteiger partial charge is 0.257 e. The highest BCUT2D eigenvalue weighted by atomic mass is 35.5. The van der Waals surface area contributed by atoms with Crippen molar-refractivity contribution in [2.75, 3.05) is 5.32 Å². The van der Waals surface area contributed by atoms with Crippen molar-refractivity contribution in [3.05, 3.63) is 71.5 Å². The standard InChI is InChI=1S/C18H12ClN3O/c19-12-6-7-15-13(9-12)14(10-21-15)18(23)22-16-5-1-3-11-4-2-8-20-17(11)16/h1-10,21H,(H,22,23). The molecule has 2 heterocycles. The lowest BCUT2D eigenvalue weighted by molar-refractivity contribution is 0.102. The molecule has 0 unspecified atom stereocenters. The van der Waals surface area contributed by atoms with Crippen molar-refractivity contribution in [1.29, 1.82) is 0 Å². The first-order valence-electron chi connectivity index (χ1n) is 7.14. The van der Waals surface area contributed by atoms with Gasteiger partial charge >= 0.3 is 0 Å². The van der Waals surface area contributed by atoms with Crippen LogP contribution in [-0.2, 0) is 0 Å². The van der Waals surface area contributed by atoms with Crippen molar-refractivity contribution in [2.24, 2.45) is 0 Å². The van der Waals surface area contributed by atoms with Crippen molar-refractivity contribution in [1.82, 2.24) is 9.97 Å². The molecule has 4 rings (SSSR count). The van der Waals surface area contributed by atoms with Crippen LogP contribution in [0.1, 0.15) is 10.4 Å². The molecule has 0 bridgehead atoms. The predicted molar refractivity (Wildman–Crippen MR) is 93.0 cm³/mol. The molecular weight excluding hydrogens is 310 g/mol. The number of amides is 1. The summed E-state index contributed by atoms with van der Waals surface area (Å²) in [6.45, 7) is 0. The van der Waals surface area contributed by atoms with Gasteiger partial charge < -0.3 is 10.3 Å². The van der Waals surface area contributed by atoms with E-state index in [-0.39, 0.29) is 5.91 Å². The molecule has 0 radical (unpaired) electrons. The van der Waals surface area contributed by atoms with Gasteiger partial charge in [-0.15, -0.1) is 0 Å². The second-order valence-corrected chi connectivity index (χ2v) is 5.66. The van der Waals surface area contributed by atoms with E-state index in [1.807, 2.05) is 36.4 Å². The Bertz CT molecular complexity index is 1030. The Labute approximate surface area is 137 Å². The Morgan fingerprint density at radius 2 is 2.00 bits per heavy atom. The third kappa shape index (κ3) is 2.43. The maximum atomic E-state index is 12.6. The maximum Gasteiger partial charge on any atom is 0.257 e. The molecule has 112 valence electrons. The number of H-pyrrole nitrogens is 1. The minimum atomic E-state index is -0.198. The molecule has 0 aliphatic heterocycles. The first-order chi connectivity index (χ1) is 11.2. The van der Waals surface area contributed by atoms with Gasteiger partial charge in [-0.05, 0) is 30.3 Å². The fraction of sp³-hybridized carbons (Fsp3) is 0. The summed E-state index contributed by atoms with van der Waals surface area (Å²) in [6.07, 6.45) is 3.40. The van der Waals surface area contributed by atoms with Gasteiger partial charge in [0.25, 0.3) is 5.91 Å². The number of para-hydroxylation sites is 1. The molecule has 2 aromatic carbocycles. The number of carbonyl (C=O) groups excluding carboxylic acids is 1. The Morgan fingerprint density at radius 3 is 2.91 bits per heavy atom. The number of pyridine rings is 1. The van der Waals surface area contributed by atoms with E-state index in [4.69, 9.17) is 11.6 Å². The summed E-state index contributed by atoms with van der Waals surface area (Å²) in [6, 6.07) is 15.0. The zero-order chi connectivity index (χ0) is 15.8. The molecule has 2 aromatic heterocycles. The summed E-state index contributed by atoms with van der Waals surface area (Å²) in [5.41, 5.74) is 2.87. The average molecular weight is 322 g/mol. The van der Waals surface area contributed by atoms with Crippen LogP contribution in [0.25, 0.3) is 21.8 Å². The quantitative estimate of drug-likeness (QED) is 0.566. The molecule has 0 aliphatic carbocycles. The molecule has 0 aliphatic rings. The third-order valence-electron chi connectivity index (χ3n) is 3.77. The number of carbonyl (C=O) groups is 1. The van der Waals surface area contributed by atoms with Crippen LogP contribution in [0.15, 0.2) is 60.9 Å². The monoisotopic (exact) mass is 321 g/mol. The number of nitrogens with zero attached hydrogens (tertiary/aromatic N) is 1. The average Bonchev–Trinajstić information content (AvgIpc) is 2.98.